The van der Waals surface area contributed by atoms with E-state index in [1.165, 1.54) is 17.7 Å². The number of carbonyl (C=O) groups excluding carboxylic acids is 2. The molecule has 3 aromatic rings. The number of rotatable bonds is 7. The van der Waals surface area contributed by atoms with Gasteiger partial charge in [0, 0.05) is 30.5 Å². The molecule has 0 aliphatic carbocycles. The molecule has 35 heavy (non-hydrogen) atoms. The molecule has 0 bridgehead atoms. The van der Waals surface area contributed by atoms with E-state index in [0.29, 0.717) is 34.9 Å². The quantitative estimate of drug-likeness (QED) is 0.472. The molecule has 3 aromatic carbocycles. The molecule has 178 valence electrons. The van der Waals surface area contributed by atoms with Gasteiger partial charge >= 0.3 is 0 Å². The van der Waals surface area contributed by atoms with Crippen LogP contribution in [-0.4, -0.2) is 31.5 Å². The minimum Gasteiger partial charge on any atom is -0.494 e. The third-order valence-corrected chi connectivity index (χ3v) is 6.42. The molecule has 1 fully saturated rings. The van der Waals surface area contributed by atoms with E-state index in [4.69, 9.17) is 4.74 Å². The molecule has 0 atom stereocenters. The first-order valence-corrected chi connectivity index (χ1v) is 12.1. The smallest absolute Gasteiger partial charge is 0.282 e. The fraction of sp³-hybridized carbons (Fsp3) is 0.241. The van der Waals surface area contributed by atoms with Gasteiger partial charge in [-0.15, -0.1) is 0 Å². The lowest BCUT2D eigenvalue weighted by atomic mass is 10.0. The van der Waals surface area contributed by atoms with Gasteiger partial charge in [0.2, 0.25) is 0 Å². The summed E-state index contributed by atoms with van der Waals surface area (Å²) in [6, 6.07) is 22.7. The summed E-state index contributed by atoms with van der Waals surface area (Å²) in [5, 5.41) is 3.22. The third-order valence-electron chi connectivity index (χ3n) is 6.42. The Hall–Kier alpha value is -4.06. The van der Waals surface area contributed by atoms with Crippen LogP contribution >= 0.6 is 0 Å². The van der Waals surface area contributed by atoms with Crippen molar-refractivity contribution in [2.45, 2.75) is 26.7 Å². The topological polar surface area (TPSA) is 61.9 Å². The highest BCUT2D eigenvalue weighted by atomic mass is 16.5. The van der Waals surface area contributed by atoms with Gasteiger partial charge in [-0.05, 0) is 68.7 Å². The number of imide groups is 1. The molecule has 6 nitrogen and oxygen atoms in total. The number of benzene rings is 3. The van der Waals surface area contributed by atoms with Crippen LogP contribution in [0.15, 0.2) is 78.5 Å². The van der Waals surface area contributed by atoms with Gasteiger partial charge in [0.25, 0.3) is 11.8 Å². The van der Waals surface area contributed by atoms with Gasteiger partial charge in [0.05, 0.1) is 17.9 Å². The zero-order valence-corrected chi connectivity index (χ0v) is 20.1. The summed E-state index contributed by atoms with van der Waals surface area (Å²) in [5.74, 6) is -0.0151. The Balaban J connectivity index is 1.51. The largest absolute Gasteiger partial charge is 0.494 e. The van der Waals surface area contributed by atoms with Gasteiger partial charge in [0.1, 0.15) is 11.4 Å². The van der Waals surface area contributed by atoms with E-state index in [1.807, 2.05) is 86.6 Å². The average Bonchev–Trinajstić information content (AvgIpc) is 3.48. The number of hydrogen-bond donors (Lipinski definition) is 1. The minimum atomic E-state index is -0.374. The first-order chi connectivity index (χ1) is 17.0. The van der Waals surface area contributed by atoms with Crippen LogP contribution in [0.5, 0.6) is 5.75 Å². The van der Waals surface area contributed by atoms with Gasteiger partial charge in [-0.1, -0.05) is 35.9 Å². The summed E-state index contributed by atoms with van der Waals surface area (Å²) in [4.78, 5) is 30.9. The lowest BCUT2D eigenvalue weighted by Gasteiger charge is -2.20. The van der Waals surface area contributed by atoms with E-state index in [1.54, 1.807) is 0 Å². The standard InChI is InChI=1S/C29H29N3O3/c1-3-35-25-8-6-7-22(19-25)30-27-26(21-11-9-20(2)10-12-21)28(33)32(29(27)34)24-15-13-23(14-16-24)31-17-4-5-18-31/h6-16,19,30H,3-5,17-18H2,1-2H3. The zero-order chi connectivity index (χ0) is 24.4. The molecule has 6 heteroatoms. The highest BCUT2D eigenvalue weighted by Gasteiger charge is 2.40. The molecule has 2 amide bonds. The molecule has 1 N–H and O–H groups in total. The Bertz CT molecular complexity index is 1270. The van der Waals surface area contributed by atoms with E-state index in [2.05, 4.69) is 10.2 Å². The van der Waals surface area contributed by atoms with Crippen molar-refractivity contribution in [3.8, 4) is 5.75 Å². The third kappa shape index (κ3) is 4.52. The number of nitrogens with one attached hydrogen (secondary N) is 1. The number of ether oxygens (including phenoxy) is 1. The van der Waals surface area contributed by atoms with E-state index in [-0.39, 0.29) is 17.5 Å². The molecular formula is C29H29N3O3. The number of anilines is 3. The van der Waals surface area contributed by atoms with Gasteiger partial charge < -0.3 is 15.0 Å². The SMILES string of the molecule is CCOc1cccc(NC2=C(c3ccc(C)cc3)C(=O)N(c3ccc(N4CCCC4)cc3)C2=O)c1. The van der Waals surface area contributed by atoms with Crippen molar-refractivity contribution in [1.82, 2.24) is 0 Å². The lowest BCUT2D eigenvalue weighted by Crippen LogP contribution is -2.32. The second-order valence-electron chi connectivity index (χ2n) is 8.86. The van der Waals surface area contributed by atoms with E-state index >= 15 is 0 Å². The Morgan fingerprint density at radius 1 is 0.857 bits per heavy atom. The fourth-order valence-corrected chi connectivity index (χ4v) is 4.63. The molecule has 2 aliphatic rings. The van der Waals surface area contributed by atoms with Crippen LogP contribution in [0, 0.1) is 6.92 Å². The van der Waals surface area contributed by atoms with Gasteiger partial charge in [-0.25, -0.2) is 4.90 Å². The first kappa shape index (κ1) is 22.7. The van der Waals surface area contributed by atoms with Crippen molar-refractivity contribution in [3.05, 3.63) is 89.6 Å². The van der Waals surface area contributed by atoms with Crippen molar-refractivity contribution in [3.63, 3.8) is 0 Å². The second kappa shape index (κ2) is 9.66. The van der Waals surface area contributed by atoms with Crippen molar-refractivity contribution in [2.24, 2.45) is 0 Å². The van der Waals surface area contributed by atoms with Crippen LogP contribution in [0.2, 0.25) is 0 Å². The van der Waals surface area contributed by atoms with Crippen molar-refractivity contribution in [1.29, 1.82) is 0 Å². The van der Waals surface area contributed by atoms with E-state index < -0.39 is 0 Å². The lowest BCUT2D eigenvalue weighted by molar-refractivity contribution is -0.120. The normalized spacial score (nSPS) is 15.8. The van der Waals surface area contributed by atoms with Crippen LogP contribution in [0.4, 0.5) is 17.1 Å². The van der Waals surface area contributed by atoms with Crippen molar-refractivity contribution in [2.75, 3.05) is 34.8 Å². The summed E-state index contributed by atoms with van der Waals surface area (Å²) >= 11 is 0. The predicted octanol–water partition coefficient (Wildman–Crippen LogP) is 5.39. The molecule has 0 unspecified atom stereocenters. The summed E-state index contributed by atoms with van der Waals surface area (Å²) in [7, 11) is 0. The second-order valence-corrected chi connectivity index (χ2v) is 8.86. The average molecular weight is 468 g/mol. The molecule has 0 saturated carbocycles. The molecule has 0 spiro atoms. The van der Waals surface area contributed by atoms with E-state index in [9.17, 15) is 9.59 Å². The summed E-state index contributed by atoms with van der Waals surface area (Å²) in [5.41, 5.74) is 4.77. The maximum Gasteiger partial charge on any atom is 0.282 e. The van der Waals surface area contributed by atoms with E-state index in [0.717, 1.165) is 24.3 Å². The zero-order valence-electron chi connectivity index (χ0n) is 20.1. The molecule has 0 radical (unpaired) electrons. The Labute approximate surface area is 205 Å². The maximum absolute atomic E-state index is 13.7. The number of amides is 2. The molecule has 5 rings (SSSR count). The number of nitrogens with zero attached hydrogens (tertiary/aromatic N) is 2. The van der Waals surface area contributed by atoms with Gasteiger partial charge in [-0.3, -0.25) is 9.59 Å². The van der Waals surface area contributed by atoms with Crippen molar-refractivity contribution >= 4 is 34.4 Å². The van der Waals surface area contributed by atoms with Crippen LogP contribution in [0.1, 0.15) is 30.9 Å². The highest BCUT2D eigenvalue weighted by Crippen LogP contribution is 2.35. The molecule has 0 aromatic heterocycles. The Morgan fingerprint density at radius 3 is 2.23 bits per heavy atom. The van der Waals surface area contributed by atoms with Crippen LogP contribution in [-0.2, 0) is 9.59 Å². The predicted molar refractivity (Wildman–Crippen MR) is 140 cm³/mol. The monoisotopic (exact) mass is 467 g/mol. The first-order valence-electron chi connectivity index (χ1n) is 12.1. The van der Waals surface area contributed by atoms with Gasteiger partial charge in [0.15, 0.2) is 0 Å². The maximum atomic E-state index is 13.7. The Kier molecular flexibility index (Phi) is 6.27. The summed E-state index contributed by atoms with van der Waals surface area (Å²) < 4.78 is 5.61. The minimum absolute atomic E-state index is 0.260. The highest BCUT2D eigenvalue weighted by molar-refractivity contribution is 6.46. The summed E-state index contributed by atoms with van der Waals surface area (Å²) in [6.45, 7) is 6.53. The molecule has 1 saturated heterocycles. The number of carbonyl (C=O) groups is 2. The van der Waals surface area contributed by atoms with Crippen LogP contribution < -0.4 is 19.9 Å². The molecule has 2 aliphatic heterocycles. The van der Waals surface area contributed by atoms with Gasteiger partial charge in [-0.2, -0.15) is 0 Å². The molecular weight excluding hydrogens is 438 g/mol. The Morgan fingerprint density at radius 2 is 1.54 bits per heavy atom. The van der Waals surface area contributed by atoms with Crippen LogP contribution in [0.3, 0.4) is 0 Å². The summed E-state index contributed by atoms with van der Waals surface area (Å²) in [6.07, 6.45) is 2.38. The molecule has 2 heterocycles. The fourth-order valence-electron chi connectivity index (χ4n) is 4.63. The number of aryl methyl sites for hydroxylation is 1. The van der Waals surface area contributed by atoms with Crippen LogP contribution in [0.25, 0.3) is 5.57 Å². The number of hydrogen-bond acceptors (Lipinski definition) is 5. The van der Waals surface area contributed by atoms with Crippen molar-refractivity contribution < 1.29 is 14.3 Å².